The Morgan fingerprint density at radius 1 is 1.08 bits per heavy atom. The van der Waals surface area contributed by atoms with Crippen LogP contribution in [-0.2, 0) is 0 Å². The second-order valence-electron chi connectivity index (χ2n) is 5.38. The highest BCUT2D eigenvalue weighted by atomic mass is 35.5. The van der Waals surface area contributed by atoms with Gasteiger partial charge in [-0.2, -0.15) is 0 Å². The molecular weight excluding hydrogens is 182 g/mol. The van der Waals surface area contributed by atoms with Crippen LogP contribution in [0, 0.1) is 17.3 Å². The molecule has 2 aliphatic rings. The summed E-state index contributed by atoms with van der Waals surface area (Å²) in [4.78, 5) is 0. The van der Waals surface area contributed by atoms with E-state index in [-0.39, 0.29) is 12.4 Å². The summed E-state index contributed by atoms with van der Waals surface area (Å²) >= 11 is 0. The third-order valence-electron chi connectivity index (χ3n) is 5.13. The Morgan fingerprint density at radius 2 is 1.62 bits per heavy atom. The van der Waals surface area contributed by atoms with Gasteiger partial charge in [0.2, 0.25) is 0 Å². The van der Waals surface area contributed by atoms with E-state index in [1.54, 1.807) is 0 Å². The van der Waals surface area contributed by atoms with Crippen LogP contribution in [0.2, 0.25) is 0 Å². The summed E-state index contributed by atoms with van der Waals surface area (Å²) in [6.07, 6.45) is 4.38. The highest BCUT2D eigenvalue weighted by molar-refractivity contribution is 5.13. The van der Waals surface area contributed by atoms with E-state index in [4.69, 9.17) is 0 Å². The predicted octanol–water partition coefficient (Wildman–Crippen LogP) is -0.575. The molecule has 0 radical (unpaired) electrons. The van der Waals surface area contributed by atoms with Gasteiger partial charge in [-0.25, -0.2) is 0 Å². The van der Waals surface area contributed by atoms with Crippen molar-refractivity contribution in [2.45, 2.75) is 45.6 Å². The number of hydrogen-bond acceptors (Lipinski definition) is 1. The van der Waals surface area contributed by atoms with Gasteiger partial charge in [-0.3, -0.25) is 0 Å². The second-order valence-corrected chi connectivity index (χ2v) is 5.38. The first-order valence-electron chi connectivity index (χ1n) is 5.21. The van der Waals surface area contributed by atoms with E-state index in [1.165, 1.54) is 19.3 Å². The Labute approximate surface area is 88.1 Å². The molecule has 0 aromatic carbocycles. The molecule has 78 valence electrons. The maximum Gasteiger partial charge on any atom is 0.0232 e. The van der Waals surface area contributed by atoms with Crippen LogP contribution >= 0.6 is 0 Å². The molecule has 0 amide bonds. The molecule has 0 heterocycles. The largest absolute Gasteiger partial charge is 1.00 e. The lowest BCUT2D eigenvalue weighted by Gasteiger charge is -2.47. The summed E-state index contributed by atoms with van der Waals surface area (Å²) < 4.78 is 0. The van der Waals surface area contributed by atoms with Crippen LogP contribution in [0.25, 0.3) is 0 Å². The van der Waals surface area contributed by atoms with E-state index in [0.29, 0.717) is 11.0 Å². The molecule has 2 fully saturated rings. The monoisotopic (exact) mass is 202 g/mol. The highest BCUT2D eigenvalue weighted by Crippen LogP contribution is 2.60. The van der Waals surface area contributed by atoms with Gasteiger partial charge in [0.25, 0.3) is 0 Å². The quantitative estimate of drug-likeness (QED) is 0.601. The zero-order chi connectivity index (χ0) is 8.98. The molecule has 13 heavy (non-hydrogen) atoms. The zero-order valence-corrected chi connectivity index (χ0v) is 9.91. The van der Waals surface area contributed by atoms with Crippen molar-refractivity contribution in [2.75, 3.05) is 7.05 Å². The van der Waals surface area contributed by atoms with Gasteiger partial charge in [0.1, 0.15) is 0 Å². The molecule has 1 nitrogen and oxygen atoms in total. The van der Waals surface area contributed by atoms with E-state index in [1.807, 2.05) is 0 Å². The van der Waals surface area contributed by atoms with Gasteiger partial charge < -0.3 is 17.7 Å². The van der Waals surface area contributed by atoms with Gasteiger partial charge in [-0.1, -0.05) is 13.8 Å². The molecule has 0 aromatic heterocycles. The van der Waals surface area contributed by atoms with E-state index in [2.05, 4.69) is 33.1 Å². The Hall–Kier alpha value is 0.250. The number of rotatable bonds is 1. The zero-order valence-electron chi connectivity index (χ0n) is 9.15. The van der Waals surface area contributed by atoms with Crippen molar-refractivity contribution in [2.24, 2.45) is 17.3 Å². The Bertz CT molecular complexity index is 202. The van der Waals surface area contributed by atoms with Crippen LogP contribution in [0.4, 0.5) is 0 Å². The molecular formula is C11H21ClN-. The molecule has 3 unspecified atom stereocenters. The molecule has 0 spiro atoms. The SMILES string of the molecule is CNC1(C)C2CCC(C2)C1(C)C.[Cl-]. The van der Waals surface area contributed by atoms with Crippen molar-refractivity contribution in [1.82, 2.24) is 5.32 Å². The van der Waals surface area contributed by atoms with Gasteiger partial charge in [0, 0.05) is 5.54 Å². The summed E-state index contributed by atoms with van der Waals surface area (Å²) in [5.74, 6) is 1.91. The van der Waals surface area contributed by atoms with Gasteiger partial charge in [0.05, 0.1) is 0 Å². The minimum absolute atomic E-state index is 0. The van der Waals surface area contributed by atoms with Crippen molar-refractivity contribution in [3.63, 3.8) is 0 Å². The van der Waals surface area contributed by atoms with Crippen molar-refractivity contribution in [3.8, 4) is 0 Å². The second kappa shape index (κ2) is 3.13. The fraction of sp³-hybridized carbons (Fsp3) is 1.00. The Morgan fingerprint density at radius 3 is 1.92 bits per heavy atom. The molecule has 0 aliphatic heterocycles. The van der Waals surface area contributed by atoms with Crippen LogP contribution in [0.5, 0.6) is 0 Å². The summed E-state index contributed by atoms with van der Waals surface area (Å²) in [5, 5.41) is 3.56. The first-order chi connectivity index (χ1) is 5.52. The average Bonchev–Trinajstić information content (AvgIpc) is 2.55. The molecule has 0 saturated heterocycles. The van der Waals surface area contributed by atoms with E-state index in [9.17, 15) is 0 Å². The smallest absolute Gasteiger partial charge is 0.0232 e. The summed E-state index contributed by atoms with van der Waals surface area (Å²) in [5.41, 5.74) is 0.903. The van der Waals surface area contributed by atoms with Crippen LogP contribution in [-0.4, -0.2) is 12.6 Å². The van der Waals surface area contributed by atoms with Crippen molar-refractivity contribution < 1.29 is 12.4 Å². The first-order valence-corrected chi connectivity index (χ1v) is 5.21. The van der Waals surface area contributed by atoms with Gasteiger partial charge in [0.15, 0.2) is 0 Å². The van der Waals surface area contributed by atoms with Gasteiger partial charge >= 0.3 is 0 Å². The number of fused-ring (bicyclic) bond motifs is 2. The molecule has 1 N–H and O–H groups in total. The molecule has 2 bridgehead atoms. The lowest BCUT2D eigenvalue weighted by molar-refractivity contribution is -0.00000290. The number of halogens is 1. The van der Waals surface area contributed by atoms with Crippen LogP contribution in [0.1, 0.15) is 40.0 Å². The standard InChI is InChI=1S/C11H21N.ClH/c1-10(2)8-5-6-9(7-8)11(10,3)12-4;/h8-9,12H,5-7H2,1-4H3;1H/p-1. The Kier molecular flexibility index (Phi) is 2.73. The summed E-state index contributed by atoms with van der Waals surface area (Å²) in [7, 11) is 2.13. The number of nitrogens with one attached hydrogen (secondary N) is 1. The van der Waals surface area contributed by atoms with Crippen LogP contribution in [0.15, 0.2) is 0 Å². The molecule has 2 heteroatoms. The lowest BCUT2D eigenvalue weighted by atomic mass is 9.64. The van der Waals surface area contributed by atoms with E-state index < -0.39 is 0 Å². The molecule has 2 aliphatic carbocycles. The van der Waals surface area contributed by atoms with Gasteiger partial charge in [-0.15, -0.1) is 0 Å². The van der Waals surface area contributed by atoms with E-state index >= 15 is 0 Å². The summed E-state index contributed by atoms with van der Waals surface area (Å²) in [6, 6.07) is 0. The molecule has 2 rings (SSSR count). The minimum Gasteiger partial charge on any atom is -1.00 e. The van der Waals surface area contributed by atoms with Gasteiger partial charge in [-0.05, 0) is 50.5 Å². The maximum absolute atomic E-state index is 3.56. The van der Waals surface area contributed by atoms with Crippen molar-refractivity contribution >= 4 is 0 Å². The minimum atomic E-state index is 0. The lowest BCUT2D eigenvalue weighted by Crippen LogP contribution is -3.00. The van der Waals surface area contributed by atoms with E-state index in [0.717, 1.165) is 11.8 Å². The third-order valence-corrected chi connectivity index (χ3v) is 5.13. The molecule has 2 saturated carbocycles. The normalized spacial score (nSPS) is 46.2. The fourth-order valence-corrected chi connectivity index (χ4v) is 3.64. The predicted molar refractivity (Wildman–Crippen MR) is 52.1 cm³/mol. The topological polar surface area (TPSA) is 12.0 Å². The average molecular weight is 203 g/mol. The first kappa shape index (κ1) is 11.3. The van der Waals surface area contributed by atoms with Crippen molar-refractivity contribution in [1.29, 1.82) is 0 Å². The highest BCUT2D eigenvalue weighted by Gasteiger charge is 2.59. The molecule has 3 atom stereocenters. The summed E-state index contributed by atoms with van der Waals surface area (Å²) in [6.45, 7) is 7.29. The van der Waals surface area contributed by atoms with Crippen molar-refractivity contribution in [3.05, 3.63) is 0 Å². The van der Waals surface area contributed by atoms with Crippen LogP contribution in [0.3, 0.4) is 0 Å². The van der Waals surface area contributed by atoms with Crippen LogP contribution < -0.4 is 17.7 Å². The number of hydrogen-bond donors (Lipinski definition) is 1. The fourth-order valence-electron chi connectivity index (χ4n) is 3.64. The molecule has 0 aromatic rings. The Balaban J connectivity index is 0.000000845. The maximum atomic E-state index is 3.56. The third kappa shape index (κ3) is 1.16.